The van der Waals surface area contributed by atoms with Crippen LogP contribution < -0.4 is 0 Å². The van der Waals surface area contributed by atoms with Gasteiger partial charge in [0.2, 0.25) is 0 Å². The van der Waals surface area contributed by atoms with E-state index in [2.05, 4.69) is 81.5 Å². The van der Waals surface area contributed by atoms with E-state index < -0.39 is 6.10 Å². The molecule has 0 aromatic heterocycles. The van der Waals surface area contributed by atoms with Gasteiger partial charge < -0.3 is 14.2 Å². The molecule has 0 bridgehead atoms. The summed E-state index contributed by atoms with van der Waals surface area (Å²) < 4.78 is 16.8. The normalized spacial score (nSPS) is 12.5. The highest BCUT2D eigenvalue weighted by molar-refractivity contribution is 5.71. The Morgan fingerprint density at radius 3 is 1.00 bits per heavy atom. The smallest absolute Gasteiger partial charge is 0.306 e. The fourth-order valence-electron chi connectivity index (χ4n) is 7.20. The molecule has 0 saturated carbocycles. The first-order chi connectivity index (χ1) is 30.0. The predicted molar refractivity (Wildman–Crippen MR) is 261 cm³/mol. The summed E-state index contributed by atoms with van der Waals surface area (Å²) in [6.45, 7) is 6.41. The summed E-state index contributed by atoms with van der Waals surface area (Å²) in [5.41, 5.74) is 0. The zero-order valence-corrected chi connectivity index (χ0v) is 40.2. The number of carbonyl (C=O) groups excluding carboxylic acids is 3. The van der Waals surface area contributed by atoms with Crippen molar-refractivity contribution in [2.45, 2.75) is 258 Å². The molecule has 1 atom stereocenters. The van der Waals surface area contributed by atoms with Crippen LogP contribution in [0.25, 0.3) is 0 Å². The van der Waals surface area contributed by atoms with E-state index in [0.29, 0.717) is 19.3 Å². The fraction of sp³-hybridized carbons (Fsp3) is 0.764. The van der Waals surface area contributed by atoms with Crippen molar-refractivity contribution in [2.75, 3.05) is 13.2 Å². The lowest BCUT2D eigenvalue weighted by Crippen LogP contribution is -2.30. The van der Waals surface area contributed by atoms with Gasteiger partial charge in [-0.05, 0) is 77.0 Å². The van der Waals surface area contributed by atoms with Crippen LogP contribution in [0.15, 0.2) is 60.8 Å². The molecule has 0 fully saturated rings. The maximum atomic E-state index is 12.8. The summed E-state index contributed by atoms with van der Waals surface area (Å²) in [5, 5.41) is 0. The second-order valence-electron chi connectivity index (χ2n) is 17.0. The number of hydrogen-bond acceptors (Lipinski definition) is 6. The molecule has 0 rings (SSSR count). The van der Waals surface area contributed by atoms with E-state index in [1.165, 1.54) is 96.3 Å². The third-order valence-electron chi connectivity index (χ3n) is 11.0. The molecule has 0 saturated heterocycles. The highest BCUT2D eigenvalue weighted by atomic mass is 16.6. The van der Waals surface area contributed by atoms with Crippen LogP contribution in [0.5, 0.6) is 0 Å². The van der Waals surface area contributed by atoms with Gasteiger partial charge in [-0.2, -0.15) is 0 Å². The summed E-state index contributed by atoms with van der Waals surface area (Å²) in [7, 11) is 0. The van der Waals surface area contributed by atoms with Gasteiger partial charge in [-0.25, -0.2) is 0 Å². The van der Waals surface area contributed by atoms with Crippen molar-refractivity contribution >= 4 is 17.9 Å². The number of unbranched alkanes of at least 4 members (excludes halogenated alkanes) is 25. The highest BCUT2D eigenvalue weighted by Crippen LogP contribution is 2.15. The molecule has 1 unspecified atom stereocenters. The zero-order valence-electron chi connectivity index (χ0n) is 40.2. The molecule has 0 aromatic rings. The molecule has 6 heteroatoms. The Labute approximate surface area is 377 Å². The van der Waals surface area contributed by atoms with E-state index in [-0.39, 0.29) is 31.1 Å². The number of carbonyl (C=O) groups is 3. The maximum absolute atomic E-state index is 12.8. The third kappa shape index (κ3) is 48.0. The molecule has 61 heavy (non-hydrogen) atoms. The molecule has 6 nitrogen and oxygen atoms in total. The molecule has 0 aliphatic heterocycles. The first-order valence-electron chi connectivity index (χ1n) is 25.8. The first kappa shape index (κ1) is 58.1. The maximum Gasteiger partial charge on any atom is 0.306 e. The monoisotopic (exact) mass is 853 g/mol. The van der Waals surface area contributed by atoms with Gasteiger partial charge in [0.1, 0.15) is 13.2 Å². The number of hydrogen-bond donors (Lipinski definition) is 0. The van der Waals surface area contributed by atoms with Crippen molar-refractivity contribution < 1.29 is 28.6 Å². The van der Waals surface area contributed by atoms with E-state index >= 15 is 0 Å². The van der Waals surface area contributed by atoms with Gasteiger partial charge in [0.25, 0.3) is 0 Å². The minimum atomic E-state index is -0.782. The van der Waals surface area contributed by atoms with Gasteiger partial charge >= 0.3 is 17.9 Å². The van der Waals surface area contributed by atoms with E-state index in [9.17, 15) is 14.4 Å². The summed E-state index contributed by atoms with van der Waals surface area (Å²) in [4.78, 5) is 38.0. The second-order valence-corrected chi connectivity index (χ2v) is 17.0. The molecule has 352 valence electrons. The van der Waals surface area contributed by atoms with Crippen LogP contribution in [-0.2, 0) is 28.6 Å². The number of rotatable bonds is 46. The van der Waals surface area contributed by atoms with Crippen molar-refractivity contribution in [2.24, 2.45) is 0 Å². The fourth-order valence-corrected chi connectivity index (χ4v) is 7.20. The van der Waals surface area contributed by atoms with Crippen molar-refractivity contribution in [1.29, 1.82) is 0 Å². The Morgan fingerprint density at radius 2 is 0.639 bits per heavy atom. The largest absolute Gasteiger partial charge is 0.462 e. The predicted octanol–water partition coefficient (Wildman–Crippen LogP) is 16.9. The molecule has 0 aromatic carbocycles. The van der Waals surface area contributed by atoms with E-state index in [0.717, 1.165) is 116 Å². The lowest BCUT2D eigenvalue weighted by Gasteiger charge is -2.18. The Hall–Kier alpha value is -2.89. The number of allylic oxidation sites excluding steroid dienone is 10. The van der Waals surface area contributed by atoms with Crippen LogP contribution in [0.2, 0.25) is 0 Å². The summed E-state index contributed by atoms with van der Waals surface area (Å²) in [6, 6.07) is 0. The topological polar surface area (TPSA) is 78.9 Å². The Morgan fingerprint density at radius 1 is 0.344 bits per heavy atom. The molecule has 0 aliphatic rings. The Kier molecular flexibility index (Phi) is 47.4. The summed E-state index contributed by atoms with van der Waals surface area (Å²) >= 11 is 0. The van der Waals surface area contributed by atoms with Gasteiger partial charge in [0, 0.05) is 19.3 Å². The van der Waals surface area contributed by atoms with Gasteiger partial charge in [-0.15, -0.1) is 0 Å². The first-order valence-corrected chi connectivity index (χ1v) is 25.8. The standard InChI is InChI=1S/C55H96O6/c1-4-7-10-13-16-19-22-25-27-29-30-33-36-39-42-45-48-54(57)60-51-52(50-59-53(56)47-44-41-38-35-32-24-21-18-15-12-9-6-3)61-55(58)49-46-43-40-37-34-31-28-26-23-20-17-14-11-8-5-2/h7,9-10,12,16,18-19,21,25,27,52H,4-6,8,11,13-15,17,20,22-24,26,28-51H2,1-3H3/b10-7-,12-9-,19-16-,21-18-,27-25-. The SMILES string of the molecule is CC/C=C\C/C=C\C/C=C\CCCCCCCCC(=O)OCC(COC(=O)CCCCCCC/C=C\C/C=C\CC)OC(=O)CCCCCCCCCCCCCCCCC. The quantitative estimate of drug-likeness (QED) is 0.0263. The summed E-state index contributed by atoms with van der Waals surface area (Å²) in [5.74, 6) is -0.905. The minimum Gasteiger partial charge on any atom is -0.462 e. The van der Waals surface area contributed by atoms with Gasteiger partial charge in [0.15, 0.2) is 6.10 Å². The molecule has 0 aliphatic carbocycles. The number of esters is 3. The van der Waals surface area contributed by atoms with Crippen molar-refractivity contribution in [3.8, 4) is 0 Å². The molecule has 0 amide bonds. The van der Waals surface area contributed by atoms with Crippen molar-refractivity contribution in [1.82, 2.24) is 0 Å². The minimum absolute atomic E-state index is 0.0841. The van der Waals surface area contributed by atoms with Gasteiger partial charge in [-0.1, -0.05) is 216 Å². The third-order valence-corrected chi connectivity index (χ3v) is 11.0. The highest BCUT2D eigenvalue weighted by Gasteiger charge is 2.19. The van der Waals surface area contributed by atoms with E-state index in [1.807, 2.05) is 0 Å². The Bertz CT molecular complexity index is 1120. The Balaban J connectivity index is 4.39. The van der Waals surface area contributed by atoms with Crippen LogP contribution in [0.4, 0.5) is 0 Å². The van der Waals surface area contributed by atoms with Crippen LogP contribution in [0.3, 0.4) is 0 Å². The molecular weight excluding hydrogens is 757 g/mol. The molecule has 0 radical (unpaired) electrons. The lowest BCUT2D eigenvalue weighted by molar-refractivity contribution is -0.167. The van der Waals surface area contributed by atoms with Crippen LogP contribution in [-0.4, -0.2) is 37.2 Å². The zero-order chi connectivity index (χ0) is 44.4. The lowest BCUT2D eigenvalue weighted by atomic mass is 10.0. The molecular formula is C55H96O6. The van der Waals surface area contributed by atoms with Crippen molar-refractivity contribution in [3.63, 3.8) is 0 Å². The average molecular weight is 853 g/mol. The molecule has 0 spiro atoms. The number of ether oxygens (including phenoxy) is 3. The summed E-state index contributed by atoms with van der Waals surface area (Å²) in [6.07, 6.45) is 60.6. The van der Waals surface area contributed by atoms with Crippen LogP contribution in [0.1, 0.15) is 252 Å². The average Bonchev–Trinajstić information content (AvgIpc) is 3.26. The molecule has 0 N–H and O–H groups in total. The molecule has 0 heterocycles. The second kappa shape index (κ2) is 49.8. The van der Waals surface area contributed by atoms with Crippen LogP contribution in [0, 0.1) is 0 Å². The van der Waals surface area contributed by atoms with Gasteiger partial charge in [0.05, 0.1) is 0 Å². The van der Waals surface area contributed by atoms with Crippen LogP contribution >= 0.6 is 0 Å². The van der Waals surface area contributed by atoms with Crippen molar-refractivity contribution in [3.05, 3.63) is 60.8 Å². The van der Waals surface area contributed by atoms with E-state index in [4.69, 9.17) is 14.2 Å². The van der Waals surface area contributed by atoms with E-state index in [1.54, 1.807) is 0 Å². The van der Waals surface area contributed by atoms with Gasteiger partial charge in [-0.3, -0.25) is 14.4 Å².